The SMILES string of the molecule is CNCC1CCC(C)CC1c1cccc(C)c1. The van der Waals surface area contributed by atoms with Crippen molar-refractivity contribution < 1.29 is 0 Å². The highest BCUT2D eigenvalue weighted by molar-refractivity contribution is 5.26. The van der Waals surface area contributed by atoms with Crippen LogP contribution in [0.25, 0.3) is 0 Å². The monoisotopic (exact) mass is 231 g/mol. The highest BCUT2D eigenvalue weighted by Gasteiger charge is 2.29. The Labute approximate surface area is 106 Å². The third kappa shape index (κ3) is 3.10. The van der Waals surface area contributed by atoms with E-state index in [1.54, 1.807) is 5.56 Å². The van der Waals surface area contributed by atoms with Crippen molar-refractivity contribution in [3.05, 3.63) is 35.4 Å². The zero-order valence-corrected chi connectivity index (χ0v) is 11.4. The lowest BCUT2D eigenvalue weighted by Crippen LogP contribution is -2.29. The topological polar surface area (TPSA) is 12.0 Å². The first-order valence-corrected chi connectivity index (χ1v) is 6.92. The molecule has 94 valence electrons. The van der Waals surface area contributed by atoms with E-state index >= 15 is 0 Å². The molecule has 0 amide bonds. The van der Waals surface area contributed by atoms with Gasteiger partial charge in [-0.05, 0) is 56.7 Å². The average Bonchev–Trinajstić information content (AvgIpc) is 2.32. The molecule has 0 heterocycles. The summed E-state index contributed by atoms with van der Waals surface area (Å²) in [6.45, 7) is 5.76. The molecule has 0 saturated heterocycles. The molecule has 0 aromatic heterocycles. The largest absolute Gasteiger partial charge is 0.319 e. The molecule has 1 N–H and O–H groups in total. The van der Waals surface area contributed by atoms with E-state index in [1.165, 1.54) is 24.8 Å². The Bertz CT molecular complexity index is 358. The maximum absolute atomic E-state index is 3.37. The summed E-state index contributed by atoms with van der Waals surface area (Å²) in [6, 6.07) is 9.10. The van der Waals surface area contributed by atoms with Crippen LogP contribution in [-0.2, 0) is 0 Å². The Kier molecular flexibility index (Phi) is 4.22. The van der Waals surface area contributed by atoms with Crippen LogP contribution in [0.3, 0.4) is 0 Å². The lowest BCUT2D eigenvalue weighted by atomic mass is 9.71. The summed E-state index contributed by atoms with van der Waals surface area (Å²) >= 11 is 0. The van der Waals surface area contributed by atoms with Gasteiger partial charge < -0.3 is 5.32 Å². The summed E-state index contributed by atoms with van der Waals surface area (Å²) in [5.74, 6) is 2.46. The molecule has 1 saturated carbocycles. The Morgan fingerprint density at radius 1 is 1.29 bits per heavy atom. The van der Waals surface area contributed by atoms with Gasteiger partial charge in [0.25, 0.3) is 0 Å². The van der Waals surface area contributed by atoms with Crippen molar-refractivity contribution >= 4 is 0 Å². The second kappa shape index (κ2) is 5.68. The summed E-state index contributed by atoms with van der Waals surface area (Å²) in [4.78, 5) is 0. The Morgan fingerprint density at radius 2 is 2.12 bits per heavy atom. The lowest BCUT2D eigenvalue weighted by Gasteiger charge is -2.35. The minimum absolute atomic E-state index is 0.756. The van der Waals surface area contributed by atoms with Gasteiger partial charge in [0.1, 0.15) is 0 Å². The molecule has 3 unspecified atom stereocenters. The third-order valence-electron chi connectivity index (χ3n) is 4.19. The Hall–Kier alpha value is -0.820. The molecular formula is C16H25N. The molecule has 0 aliphatic heterocycles. The molecule has 1 aromatic rings. The molecule has 17 heavy (non-hydrogen) atoms. The average molecular weight is 231 g/mol. The van der Waals surface area contributed by atoms with Gasteiger partial charge in [0, 0.05) is 0 Å². The van der Waals surface area contributed by atoms with Crippen LogP contribution >= 0.6 is 0 Å². The van der Waals surface area contributed by atoms with Gasteiger partial charge in [0.2, 0.25) is 0 Å². The van der Waals surface area contributed by atoms with Gasteiger partial charge in [-0.2, -0.15) is 0 Å². The first-order chi connectivity index (χ1) is 8.20. The van der Waals surface area contributed by atoms with E-state index in [2.05, 4.69) is 50.5 Å². The van der Waals surface area contributed by atoms with E-state index in [1.807, 2.05) is 0 Å². The van der Waals surface area contributed by atoms with Crippen LogP contribution in [0.4, 0.5) is 0 Å². The van der Waals surface area contributed by atoms with Crippen molar-refractivity contribution in [1.29, 1.82) is 0 Å². The molecule has 1 nitrogen and oxygen atoms in total. The molecule has 0 radical (unpaired) electrons. The number of hydrogen-bond acceptors (Lipinski definition) is 1. The fourth-order valence-corrected chi connectivity index (χ4v) is 3.26. The minimum Gasteiger partial charge on any atom is -0.319 e. The maximum atomic E-state index is 3.37. The van der Waals surface area contributed by atoms with Crippen LogP contribution in [0, 0.1) is 18.8 Å². The van der Waals surface area contributed by atoms with Gasteiger partial charge in [0.15, 0.2) is 0 Å². The quantitative estimate of drug-likeness (QED) is 0.835. The first-order valence-electron chi connectivity index (χ1n) is 6.92. The second-order valence-corrected chi connectivity index (χ2v) is 5.76. The van der Waals surface area contributed by atoms with Gasteiger partial charge in [0.05, 0.1) is 0 Å². The zero-order chi connectivity index (χ0) is 12.3. The van der Waals surface area contributed by atoms with E-state index in [9.17, 15) is 0 Å². The maximum Gasteiger partial charge on any atom is -0.00177 e. The van der Waals surface area contributed by atoms with Crippen LogP contribution in [0.2, 0.25) is 0 Å². The van der Waals surface area contributed by atoms with E-state index in [0.717, 1.165) is 24.3 Å². The predicted molar refractivity (Wildman–Crippen MR) is 74.4 cm³/mol. The van der Waals surface area contributed by atoms with Crippen LogP contribution in [0.5, 0.6) is 0 Å². The Balaban J connectivity index is 2.19. The molecule has 0 spiro atoms. The van der Waals surface area contributed by atoms with Crippen LogP contribution < -0.4 is 5.32 Å². The molecule has 1 aliphatic carbocycles. The van der Waals surface area contributed by atoms with E-state index < -0.39 is 0 Å². The molecule has 1 aliphatic rings. The number of nitrogens with one attached hydrogen (secondary N) is 1. The highest BCUT2D eigenvalue weighted by atomic mass is 14.8. The van der Waals surface area contributed by atoms with Crippen molar-refractivity contribution in [2.75, 3.05) is 13.6 Å². The number of rotatable bonds is 3. The molecule has 3 atom stereocenters. The van der Waals surface area contributed by atoms with Gasteiger partial charge >= 0.3 is 0 Å². The molecule has 1 aromatic carbocycles. The molecule has 0 bridgehead atoms. The molecule has 1 heteroatoms. The Morgan fingerprint density at radius 3 is 2.82 bits per heavy atom. The van der Waals surface area contributed by atoms with E-state index in [-0.39, 0.29) is 0 Å². The predicted octanol–water partition coefficient (Wildman–Crippen LogP) is 3.73. The van der Waals surface area contributed by atoms with Crippen molar-refractivity contribution in [1.82, 2.24) is 5.32 Å². The third-order valence-corrected chi connectivity index (χ3v) is 4.19. The summed E-state index contributed by atoms with van der Waals surface area (Å²) in [5, 5.41) is 3.37. The van der Waals surface area contributed by atoms with E-state index in [4.69, 9.17) is 0 Å². The summed E-state index contributed by atoms with van der Waals surface area (Å²) in [5.41, 5.74) is 2.95. The number of hydrogen-bond donors (Lipinski definition) is 1. The van der Waals surface area contributed by atoms with Crippen molar-refractivity contribution in [2.45, 2.75) is 39.0 Å². The van der Waals surface area contributed by atoms with Crippen molar-refractivity contribution in [2.24, 2.45) is 11.8 Å². The summed E-state index contributed by atoms with van der Waals surface area (Å²) in [7, 11) is 2.07. The van der Waals surface area contributed by atoms with Gasteiger partial charge in [-0.15, -0.1) is 0 Å². The standard InChI is InChI=1S/C16H25N/c1-12-5-4-6-14(9-12)16-10-13(2)7-8-15(16)11-17-3/h4-6,9,13,15-17H,7-8,10-11H2,1-3H3. The number of aryl methyl sites for hydroxylation is 1. The van der Waals surface area contributed by atoms with Crippen molar-refractivity contribution in [3.8, 4) is 0 Å². The van der Waals surface area contributed by atoms with Gasteiger partial charge in [-0.25, -0.2) is 0 Å². The molecular weight excluding hydrogens is 206 g/mol. The molecule has 1 fully saturated rings. The van der Waals surface area contributed by atoms with Crippen LogP contribution in [-0.4, -0.2) is 13.6 Å². The smallest absolute Gasteiger partial charge is 0.00177 e. The molecule has 2 rings (SSSR count). The van der Waals surface area contributed by atoms with Gasteiger partial charge in [-0.1, -0.05) is 43.2 Å². The zero-order valence-electron chi connectivity index (χ0n) is 11.4. The first kappa shape index (κ1) is 12.6. The lowest BCUT2D eigenvalue weighted by molar-refractivity contribution is 0.245. The fraction of sp³-hybridized carbons (Fsp3) is 0.625. The minimum atomic E-state index is 0.756. The van der Waals surface area contributed by atoms with Gasteiger partial charge in [-0.3, -0.25) is 0 Å². The summed E-state index contributed by atoms with van der Waals surface area (Å²) in [6.07, 6.45) is 4.13. The normalized spacial score (nSPS) is 29.2. The number of benzene rings is 1. The highest BCUT2D eigenvalue weighted by Crippen LogP contribution is 2.40. The van der Waals surface area contributed by atoms with Crippen LogP contribution in [0.15, 0.2) is 24.3 Å². The fourth-order valence-electron chi connectivity index (χ4n) is 3.26. The second-order valence-electron chi connectivity index (χ2n) is 5.76. The van der Waals surface area contributed by atoms with Crippen molar-refractivity contribution in [3.63, 3.8) is 0 Å². The van der Waals surface area contributed by atoms with E-state index in [0.29, 0.717) is 0 Å². The summed E-state index contributed by atoms with van der Waals surface area (Å²) < 4.78 is 0. The van der Waals surface area contributed by atoms with Crippen LogP contribution in [0.1, 0.15) is 43.2 Å².